The molecule has 1 heterocycles. The second kappa shape index (κ2) is 5.70. The van der Waals surface area contributed by atoms with Crippen molar-refractivity contribution in [2.75, 3.05) is 10.6 Å². The quantitative estimate of drug-likeness (QED) is 0.810. The molecule has 5 nitrogen and oxygen atoms in total. The van der Waals surface area contributed by atoms with E-state index in [1.54, 1.807) is 18.4 Å². The number of halogens is 1. The lowest BCUT2D eigenvalue weighted by molar-refractivity contribution is 0.0698. The molecule has 0 unspecified atom stereocenters. The molecule has 0 bridgehead atoms. The van der Waals surface area contributed by atoms with Crippen LogP contribution < -0.4 is 10.6 Å². The van der Waals surface area contributed by atoms with Gasteiger partial charge >= 0.3 is 12.0 Å². The summed E-state index contributed by atoms with van der Waals surface area (Å²) in [6.45, 7) is 1.70. The molecule has 0 aliphatic heterocycles. The first-order chi connectivity index (χ1) is 9.45. The lowest BCUT2D eigenvalue weighted by atomic mass is 10.2. The molecular weight excluding hydrogens is 283 g/mol. The van der Waals surface area contributed by atoms with Crippen LogP contribution in [0.1, 0.15) is 15.9 Å². The number of hydrogen-bond acceptors (Lipinski definition) is 3. The van der Waals surface area contributed by atoms with E-state index in [4.69, 9.17) is 5.11 Å². The number of hydrogen-bond donors (Lipinski definition) is 3. The van der Waals surface area contributed by atoms with Gasteiger partial charge in [0, 0.05) is 5.69 Å². The van der Waals surface area contributed by atoms with Crippen LogP contribution in [0, 0.1) is 12.7 Å². The average Bonchev–Trinajstić information content (AvgIpc) is 2.75. The SMILES string of the molecule is Cc1cc(F)cc(NC(=O)Nc2sccc2C(=O)O)c1. The minimum atomic E-state index is -1.12. The second-order valence-corrected chi connectivity index (χ2v) is 4.98. The Labute approximate surface area is 118 Å². The first-order valence-electron chi connectivity index (χ1n) is 5.61. The van der Waals surface area contributed by atoms with Crippen molar-refractivity contribution in [2.45, 2.75) is 6.92 Å². The van der Waals surface area contributed by atoms with E-state index in [0.717, 1.165) is 11.3 Å². The first-order valence-corrected chi connectivity index (χ1v) is 6.49. The fourth-order valence-electron chi connectivity index (χ4n) is 1.65. The molecule has 2 aromatic rings. The Morgan fingerprint density at radius 1 is 1.25 bits per heavy atom. The molecular formula is C13H11FN2O3S. The fourth-order valence-corrected chi connectivity index (χ4v) is 2.42. The third-order valence-electron chi connectivity index (χ3n) is 2.42. The number of carbonyl (C=O) groups excluding carboxylic acids is 1. The van der Waals surface area contributed by atoms with Crippen LogP contribution in [0.4, 0.5) is 19.9 Å². The van der Waals surface area contributed by atoms with Crippen LogP contribution in [0.5, 0.6) is 0 Å². The third-order valence-corrected chi connectivity index (χ3v) is 3.25. The predicted octanol–water partition coefficient (Wildman–Crippen LogP) is 3.54. The Morgan fingerprint density at radius 3 is 2.65 bits per heavy atom. The molecule has 0 atom stereocenters. The van der Waals surface area contributed by atoms with E-state index in [-0.39, 0.29) is 10.6 Å². The van der Waals surface area contributed by atoms with Crippen LogP contribution in [0.25, 0.3) is 0 Å². The van der Waals surface area contributed by atoms with Crippen molar-refractivity contribution in [3.8, 4) is 0 Å². The van der Waals surface area contributed by atoms with E-state index in [9.17, 15) is 14.0 Å². The van der Waals surface area contributed by atoms with Crippen LogP contribution in [0.3, 0.4) is 0 Å². The molecule has 0 aliphatic rings. The molecule has 2 amide bonds. The number of carboxylic acids is 1. The maximum atomic E-state index is 13.2. The first kappa shape index (κ1) is 14.0. The summed E-state index contributed by atoms with van der Waals surface area (Å²) in [5, 5.41) is 15.6. The van der Waals surface area contributed by atoms with Gasteiger partial charge in [-0.1, -0.05) is 0 Å². The summed E-state index contributed by atoms with van der Waals surface area (Å²) in [5.41, 5.74) is 0.983. The molecule has 0 saturated heterocycles. The molecule has 3 N–H and O–H groups in total. The molecule has 104 valence electrons. The van der Waals surface area contributed by atoms with Crippen molar-refractivity contribution in [2.24, 2.45) is 0 Å². The number of thiophene rings is 1. The molecule has 1 aromatic carbocycles. The molecule has 0 fully saturated rings. The molecule has 0 saturated carbocycles. The van der Waals surface area contributed by atoms with Crippen LogP contribution >= 0.6 is 11.3 Å². The van der Waals surface area contributed by atoms with E-state index < -0.39 is 17.8 Å². The molecule has 0 aliphatic carbocycles. The van der Waals surface area contributed by atoms with E-state index >= 15 is 0 Å². The summed E-state index contributed by atoms with van der Waals surface area (Å²) in [6, 6.07) is 4.90. The van der Waals surface area contributed by atoms with Crippen molar-refractivity contribution < 1.29 is 19.1 Å². The van der Waals surface area contributed by atoms with Crippen molar-refractivity contribution in [3.05, 3.63) is 46.6 Å². The zero-order valence-electron chi connectivity index (χ0n) is 10.4. The van der Waals surface area contributed by atoms with Crippen LogP contribution in [-0.2, 0) is 0 Å². The van der Waals surface area contributed by atoms with Crippen molar-refractivity contribution in [1.29, 1.82) is 0 Å². The molecule has 0 radical (unpaired) electrons. The lowest BCUT2D eigenvalue weighted by Gasteiger charge is -2.08. The maximum absolute atomic E-state index is 13.2. The molecule has 20 heavy (non-hydrogen) atoms. The highest BCUT2D eigenvalue weighted by molar-refractivity contribution is 7.14. The number of urea groups is 1. The number of nitrogens with one attached hydrogen (secondary N) is 2. The van der Waals surface area contributed by atoms with Crippen molar-refractivity contribution in [1.82, 2.24) is 0 Å². The van der Waals surface area contributed by atoms with Gasteiger partial charge in [-0.05, 0) is 42.1 Å². The standard InChI is InChI=1S/C13H11FN2O3S/c1-7-4-8(14)6-9(5-7)15-13(19)16-11-10(12(17)18)2-3-20-11/h2-6H,1H3,(H,17,18)(H2,15,16,19). The summed E-state index contributed by atoms with van der Waals surface area (Å²) in [4.78, 5) is 22.6. The maximum Gasteiger partial charge on any atom is 0.338 e. The number of carbonyl (C=O) groups is 2. The highest BCUT2D eigenvalue weighted by atomic mass is 32.1. The van der Waals surface area contributed by atoms with E-state index in [0.29, 0.717) is 11.3 Å². The van der Waals surface area contributed by atoms with Gasteiger partial charge in [-0.25, -0.2) is 14.0 Å². The van der Waals surface area contributed by atoms with Gasteiger partial charge in [0.1, 0.15) is 10.8 Å². The average molecular weight is 294 g/mol. The number of rotatable bonds is 3. The Morgan fingerprint density at radius 2 is 2.00 bits per heavy atom. The summed E-state index contributed by atoms with van der Waals surface area (Å²) < 4.78 is 13.2. The minimum absolute atomic E-state index is 0.0144. The monoisotopic (exact) mass is 294 g/mol. The summed E-state index contributed by atoms with van der Waals surface area (Å²) in [6.07, 6.45) is 0. The number of amides is 2. The van der Waals surface area contributed by atoms with Gasteiger partial charge in [-0.2, -0.15) is 0 Å². The Hall–Kier alpha value is -2.41. The summed E-state index contributed by atoms with van der Waals surface area (Å²) >= 11 is 1.10. The van der Waals surface area contributed by atoms with Crippen LogP contribution in [-0.4, -0.2) is 17.1 Å². The highest BCUT2D eigenvalue weighted by Gasteiger charge is 2.14. The van der Waals surface area contributed by atoms with Gasteiger partial charge in [-0.15, -0.1) is 11.3 Å². The number of anilines is 2. The Bertz CT molecular complexity index is 649. The number of carboxylic acid groups (broad SMARTS) is 1. The van der Waals surface area contributed by atoms with Crippen molar-refractivity contribution in [3.63, 3.8) is 0 Å². The van der Waals surface area contributed by atoms with E-state index in [1.807, 2.05) is 0 Å². The van der Waals surface area contributed by atoms with E-state index in [1.165, 1.54) is 18.2 Å². The molecule has 2 rings (SSSR count). The van der Waals surface area contributed by atoms with Gasteiger partial charge in [-0.3, -0.25) is 5.32 Å². The van der Waals surface area contributed by atoms with Gasteiger partial charge < -0.3 is 10.4 Å². The predicted molar refractivity (Wildman–Crippen MR) is 75.1 cm³/mol. The Balaban J connectivity index is 2.09. The smallest absolute Gasteiger partial charge is 0.338 e. The number of aromatic carboxylic acids is 1. The topological polar surface area (TPSA) is 78.4 Å². The van der Waals surface area contributed by atoms with Crippen molar-refractivity contribution >= 4 is 34.0 Å². The zero-order chi connectivity index (χ0) is 14.7. The van der Waals surface area contributed by atoms with Crippen LogP contribution in [0.15, 0.2) is 29.6 Å². The normalized spacial score (nSPS) is 10.1. The third kappa shape index (κ3) is 3.33. The van der Waals surface area contributed by atoms with Gasteiger partial charge in [0.25, 0.3) is 0 Å². The molecule has 7 heteroatoms. The molecule has 1 aromatic heterocycles. The fraction of sp³-hybridized carbons (Fsp3) is 0.0769. The summed E-state index contributed by atoms with van der Waals surface area (Å²) in [5.74, 6) is -1.58. The number of benzene rings is 1. The summed E-state index contributed by atoms with van der Waals surface area (Å²) in [7, 11) is 0. The van der Waals surface area contributed by atoms with E-state index in [2.05, 4.69) is 10.6 Å². The largest absolute Gasteiger partial charge is 0.478 e. The Kier molecular flexibility index (Phi) is 3.99. The van der Waals surface area contributed by atoms with Gasteiger partial charge in [0.2, 0.25) is 0 Å². The second-order valence-electron chi connectivity index (χ2n) is 4.06. The number of aryl methyl sites for hydroxylation is 1. The molecule has 0 spiro atoms. The van der Waals surface area contributed by atoms with Crippen LogP contribution in [0.2, 0.25) is 0 Å². The lowest BCUT2D eigenvalue weighted by Crippen LogP contribution is -2.20. The minimum Gasteiger partial charge on any atom is -0.478 e. The van der Waals surface area contributed by atoms with Gasteiger partial charge in [0.15, 0.2) is 0 Å². The van der Waals surface area contributed by atoms with Gasteiger partial charge in [0.05, 0.1) is 5.56 Å². The zero-order valence-corrected chi connectivity index (χ0v) is 11.3. The highest BCUT2D eigenvalue weighted by Crippen LogP contribution is 2.23.